The zero-order chi connectivity index (χ0) is 14.9. The van der Waals surface area contributed by atoms with E-state index in [9.17, 15) is 17.6 Å². The molecule has 0 aliphatic heterocycles. The molecule has 0 spiro atoms. The molecular weight excluding hydrogens is 292 g/mol. The molecule has 0 bridgehead atoms. The summed E-state index contributed by atoms with van der Waals surface area (Å²) in [6.45, 7) is -0.950. The monoisotopic (exact) mass is 306 g/mol. The summed E-state index contributed by atoms with van der Waals surface area (Å²) in [5.41, 5.74) is 6.21. The zero-order valence-corrected chi connectivity index (χ0v) is 11.4. The van der Waals surface area contributed by atoms with E-state index in [1.54, 1.807) is 0 Å². The fourth-order valence-electron chi connectivity index (χ4n) is 2.10. The van der Waals surface area contributed by atoms with Crippen molar-refractivity contribution in [3.8, 4) is 0 Å². The maximum absolute atomic E-state index is 13.4. The van der Waals surface area contributed by atoms with Gasteiger partial charge in [0.1, 0.15) is 10.8 Å². The van der Waals surface area contributed by atoms with Gasteiger partial charge in [-0.25, -0.2) is 4.39 Å². The number of nitrogens with zero attached hydrogens (tertiary/aromatic N) is 1. The summed E-state index contributed by atoms with van der Waals surface area (Å²) >= 11 is 4.76. The smallest absolute Gasteiger partial charge is 0.389 e. The molecule has 0 atom stereocenters. The van der Waals surface area contributed by atoms with Crippen molar-refractivity contribution < 1.29 is 17.6 Å². The van der Waals surface area contributed by atoms with Crippen LogP contribution in [-0.4, -0.2) is 28.7 Å². The first-order chi connectivity index (χ1) is 9.24. The van der Waals surface area contributed by atoms with Crippen molar-refractivity contribution >= 4 is 17.2 Å². The largest absolute Gasteiger partial charge is 0.401 e. The lowest BCUT2D eigenvalue weighted by Crippen LogP contribution is -2.35. The van der Waals surface area contributed by atoms with Crippen molar-refractivity contribution in [3.63, 3.8) is 0 Å². The minimum absolute atomic E-state index is 0.0274. The zero-order valence-electron chi connectivity index (χ0n) is 10.6. The molecule has 7 heteroatoms. The van der Waals surface area contributed by atoms with E-state index < -0.39 is 18.5 Å². The third-order valence-corrected chi connectivity index (χ3v) is 3.31. The Labute approximate surface area is 119 Å². The molecule has 0 saturated heterocycles. The second kappa shape index (κ2) is 5.65. The number of halogens is 4. The summed E-state index contributed by atoms with van der Waals surface area (Å²) in [5.74, 6) is -0.548. The highest BCUT2D eigenvalue weighted by Gasteiger charge is 2.37. The van der Waals surface area contributed by atoms with Crippen LogP contribution in [0.2, 0.25) is 0 Å². The Balaban J connectivity index is 2.16. The van der Waals surface area contributed by atoms with Gasteiger partial charge >= 0.3 is 6.18 Å². The van der Waals surface area contributed by atoms with E-state index in [1.807, 2.05) is 0 Å². The van der Waals surface area contributed by atoms with Gasteiger partial charge in [0.2, 0.25) is 0 Å². The van der Waals surface area contributed by atoms with E-state index in [0.29, 0.717) is 11.1 Å². The Kier molecular flexibility index (Phi) is 4.29. The molecule has 2 nitrogen and oxygen atoms in total. The fraction of sp³-hybridized carbons (Fsp3) is 0.462. The van der Waals surface area contributed by atoms with Gasteiger partial charge in [-0.1, -0.05) is 12.2 Å². The molecule has 0 unspecified atom stereocenters. The third-order valence-electron chi connectivity index (χ3n) is 3.07. The predicted molar refractivity (Wildman–Crippen MR) is 71.8 cm³/mol. The van der Waals surface area contributed by atoms with E-state index >= 15 is 0 Å². The standard InChI is InChI=1S/C13H14F4N2S/c14-10-4-8(3-9(5-10)12(18)20)6-19(11-1-2-11)7-13(15,16)17/h3-5,11H,1-2,6-7H2,(H2,18,20). The second-order valence-corrected chi connectivity index (χ2v) is 5.40. The highest BCUT2D eigenvalue weighted by Crippen LogP contribution is 2.31. The van der Waals surface area contributed by atoms with Gasteiger partial charge in [-0.2, -0.15) is 13.2 Å². The van der Waals surface area contributed by atoms with E-state index in [0.717, 1.165) is 12.8 Å². The van der Waals surface area contributed by atoms with E-state index in [-0.39, 0.29) is 17.6 Å². The van der Waals surface area contributed by atoms with Crippen molar-refractivity contribution in [1.29, 1.82) is 0 Å². The lowest BCUT2D eigenvalue weighted by molar-refractivity contribution is -0.148. The van der Waals surface area contributed by atoms with Crippen molar-refractivity contribution in [1.82, 2.24) is 4.90 Å². The summed E-state index contributed by atoms with van der Waals surface area (Å²) in [4.78, 5) is 1.34. The molecule has 0 amide bonds. The SMILES string of the molecule is NC(=S)c1cc(F)cc(CN(CC(F)(F)F)C2CC2)c1. The van der Waals surface area contributed by atoms with Crippen LogP contribution in [0.4, 0.5) is 17.6 Å². The van der Waals surface area contributed by atoms with Crippen LogP contribution in [0.1, 0.15) is 24.0 Å². The van der Waals surface area contributed by atoms with Crippen molar-refractivity contribution in [2.45, 2.75) is 31.6 Å². The quantitative estimate of drug-likeness (QED) is 0.670. The van der Waals surface area contributed by atoms with Gasteiger partial charge in [0.05, 0.1) is 6.54 Å². The molecule has 0 heterocycles. The highest BCUT2D eigenvalue weighted by atomic mass is 32.1. The van der Waals surface area contributed by atoms with E-state index in [4.69, 9.17) is 18.0 Å². The minimum Gasteiger partial charge on any atom is -0.389 e. The maximum atomic E-state index is 13.4. The van der Waals surface area contributed by atoms with E-state index in [2.05, 4.69) is 0 Å². The molecule has 0 radical (unpaired) electrons. The number of hydrogen-bond acceptors (Lipinski definition) is 2. The van der Waals surface area contributed by atoms with Crippen LogP contribution in [0.5, 0.6) is 0 Å². The number of benzene rings is 1. The van der Waals surface area contributed by atoms with Gasteiger partial charge in [0.15, 0.2) is 0 Å². The molecule has 1 aliphatic rings. The third kappa shape index (κ3) is 4.42. The molecule has 110 valence electrons. The topological polar surface area (TPSA) is 29.3 Å². The number of rotatable bonds is 5. The van der Waals surface area contributed by atoms with Gasteiger partial charge in [-0.05, 0) is 36.6 Å². The molecule has 1 aromatic carbocycles. The molecule has 0 aromatic heterocycles. The second-order valence-electron chi connectivity index (χ2n) is 4.96. The van der Waals surface area contributed by atoms with Crippen molar-refractivity contribution in [3.05, 3.63) is 35.1 Å². The molecule has 2 N–H and O–H groups in total. The van der Waals surface area contributed by atoms with Crippen LogP contribution >= 0.6 is 12.2 Å². The summed E-state index contributed by atoms with van der Waals surface area (Å²) in [5, 5.41) is 0. The molecule has 1 aliphatic carbocycles. The number of hydrogen-bond donors (Lipinski definition) is 1. The first-order valence-corrected chi connectivity index (χ1v) is 6.55. The van der Waals surface area contributed by atoms with Gasteiger partial charge < -0.3 is 5.73 Å². The summed E-state index contributed by atoms with van der Waals surface area (Å²) in [6.07, 6.45) is -2.77. The first-order valence-electron chi connectivity index (χ1n) is 6.15. The average Bonchev–Trinajstić information content (AvgIpc) is 3.08. The molecule has 2 rings (SSSR count). The lowest BCUT2D eigenvalue weighted by Gasteiger charge is -2.23. The van der Waals surface area contributed by atoms with E-state index in [1.165, 1.54) is 23.1 Å². The number of alkyl halides is 3. The number of thiocarbonyl (C=S) groups is 1. The average molecular weight is 306 g/mol. The van der Waals surface area contributed by atoms with Crippen molar-refractivity contribution in [2.24, 2.45) is 5.73 Å². The minimum atomic E-state index is -4.26. The van der Waals surface area contributed by atoms with Crippen LogP contribution in [-0.2, 0) is 6.54 Å². The first kappa shape index (κ1) is 15.2. The van der Waals surface area contributed by atoms with Gasteiger partial charge in [0.25, 0.3) is 0 Å². The Hall–Kier alpha value is -1.21. The summed E-state index contributed by atoms with van der Waals surface area (Å²) in [7, 11) is 0. The molecule has 20 heavy (non-hydrogen) atoms. The summed E-state index contributed by atoms with van der Waals surface area (Å²) in [6, 6.07) is 3.86. The Morgan fingerprint density at radius 1 is 1.30 bits per heavy atom. The highest BCUT2D eigenvalue weighted by molar-refractivity contribution is 7.80. The Bertz CT molecular complexity index is 512. The molecule has 1 fully saturated rings. The van der Waals surface area contributed by atoms with Crippen LogP contribution in [0.25, 0.3) is 0 Å². The predicted octanol–water partition coefficient (Wildman–Crippen LogP) is 2.99. The number of nitrogens with two attached hydrogens (primary N) is 1. The fourth-order valence-corrected chi connectivity index (χ4v) is 2.22. The molecule has 1 saturated carbocycles. The van der Waals surface area contributed by atoms with Crippen LogP contribution in [0, 0.1) is 5.82 Å². The normalized spacial score (nSPS) is 15.7. The van der Waals surface area contributed by atoms with Gasteiger partial charge in [-0.15, -0.1) is 0 Å². The lowest BCUT2D eigenvalue weighted by atomic mass is 10.1. The maximum Gasteiger partial charge on any atom is 0.401 e. The van der Waals surface area contributed by atoms with Gasteiger partial charge in [0, 0.05) is 18.2 Å². The van der Waals surface area contributed by atoms with Crippen molar-refractivity contribution in [2.75, 3.05) is 6.54 Å². The Morgan fingerprint density at radius 2 is 1.95 bits per heavy atom. The van der Waals surface area contributed by atoms with Crippen LogP contribution in [0.15, 0.2) is 18.2 Å². The molecular formula is C13H14F4N2S. The van der Waals surface area contributed by atoms with Gasteiger partial charge in [-0.3, -0.25) is 4.90 Å². The van der Waals surface area contributed by atoms with Crippen LogP contribution < -0.4 is 5.73 Å². The summed E-state index contributed by atoms with van der Waals surface area (Å²) < 4.78 is 51.0. The van der Waals surface area contributed by atoms with Crippen LogP contribution in [0.3, 0.4) is 0 Å². The Morgan fingerprint density at radius 3 is 2.45 bits per heavy atom. The molecule has 1 aromatic rings.